The van der Waals surface area contributed by atoms with Crippen LogP contribution < -0.4 is 5.32 Å². The molecule has 0 fully saturated rings. The Morgan fingerprint density at radius 3 is 2.51 bits per heavy atom. The molecular formula is C36H31N. The third-order valence-corrected chi connectivity index (χ3v) is 9.16. The summed E-state index contributed by atoms with van der Waals surface area (Å²) in [6.45, 7) is 0. The van der Waals surface area contributed by atoms with Crippen molar-refractivity contribution in [1.29, 1.82) is 0 Å². The smallest absolute Gasteiger partial charge is 0.0719 e. The molecular weight excluding hydrogens is 446 g/mol. The zero-order chi connectivity index (χ0) is 24.4. The molecule has 3 aromatic carbocycles. The molecule has 0 bridgehead atoms. The standard InChI is InChI=1S/C36H31N/c1-2-11-24(10-1)25-20-22-26(23-21-25)37-34-19-9-18-33-35(34)29-14-5-8-17-32(29)36(33)30-15-6-3-12-27(30)28-13-4-7-16-31(28)36/h1,5-6,8-10,13-24,37H,2-4,7,11-12H2. The molecule has 3 aromatic rings. The molecule has 1 N–H and O–H groups in total. The van der Waals surface area contributed by atoms with Gasteiger partial charge in [-0.25, -0.2) is 0 Å². The zero-order valence-corrected chi connectivity index (χ0v) is 21.1. The van der Waals surface area contributed by atoms with Crippen LogP contribution in [0.5, 0.6) is 0 Å². The summed E-state index contributed by atoms with van der Waals surface area (Å²) in [5.74, 6) is 0.571. The third kappa shape index (κ3) is 2.92. The minimum absolute atomic E-state index is 0.194. The van der Waals surface area contributed by atoms with Crippen molar-refractivity contribution in [2.24, 2.45) is 0 Å². The first-order valence-corrected chi connectivity index (χ1v) is 13.9. The monoisotopic (exact) mass is 477 g/mol. The predicted molar refractivity (Wildman–Crippen MR) is 154 cm³/mol. The topological polar surface area (TPSA) is 12.0 Å². The minimum Gasteiger partial charge on any atom is -0.355 e. The highest BCUT2D eigenvalue weighted by molar-refractivity contribution is 5.97. The van der Waals surface area contributed by atoms with Gasteiger partial charge in [0.1, 0.15) is 0 Å². The molecule has 0 amide bonds. The second-order valence-electron chi connectivity index (χ2n) is 11.0. The second kappa shape index (κ2) is 8.08. The zero-order valence-electron chi connectivity index (χ0n) is 21.1. The Morgan fingerprint density at radius 1 is 0.757 bits per heavy atom. The average Bonchev–Trinajstić information content (AvgIpc) is 3.67. The number of benzene rings is 3. The maximum atomic E-state index is 3.83. The molecule has 180 valence electrons. The first-order valence-electron chi connectivity index (χ1n) is 13.9. The third-order valence-electron chi connectivity index (χ3n) is 9.16. The molecule has 0 aliphatic heterocycles. The molecule has 1 heteroatoms. The van der Waals surface area contributed by atoms with Gasteiger partial charge in [0.05, 0.1) is 5.41 Å². The quantitative estimate of drug-likeness (QED) is 0.370. The number of anilines is 2. The predicted octanol–water partition coefficient (Wildman–Crippen LogP) is 9.44. The Morgan fingerprint density at radius 2 is 1.62 bits per heavy atom. The Hall–Kier alpha value is -3.84. The number of rotatable bonds is 3. The van der Waals surface area contributed by atoms with Gasteiger partial charge in [0.15, 0.2) is 0 Å². The van der Waals surface area contributed by atoms with Crippen LogP contribution in [0.2, 0.25) is 0 Å². The van der Waals surface area contributed by atoms with Crippen LogP contribution in [0.4, 0.5) is 11.4 Å². The van der Waals surface area contributed by atoms with E-state index in [9.17, 15) is 0 Å². The number of fused-ring (bicyclic) bond motifs is 9. The van der Waals surface area contributed by atoms with E-state index in [0.717, 1.165) is 31.4 Å². The molecule has 0 aromatic heterocycles. The molecule has 8 rings (SSSR count). The SMILES string of the molecule is C1=CC2=C(CC1)C1=CCCC=C1C21c2ccccc2-c2c(Nc3ccc(C4C=CCC4)cc3)cccc21. The number of allylic oxidation sites excluding steroid dienone is 10. The second-order valence-corrected chi connectivity index (χ2v) is 11.0. The van der Waals surface area contributed by atoms with Gasteiger partial charge in [0, 0.05) is 22.9 Å². The molecule has 0 radical (unpaired) electrons. The van der Waals surface area contributed by atoms with Gasteiger partial charge >= 0.3 is 0 Å². The fraction of sp³-hybridized carbons (Fsp3) is 0.222. The summed E-state index contributed by atoms with van der Waals surface area (Å²) in [6.07, 6.45) is 21.6. The van der Waals surface area contributed by atoms with Crippen LogP contribution in [-0.4, -0.2) is 0 Å². The van der Waals surface area contributed by atoms with E-state index in [4.69, 9.17) is 0 Å². The summed E-state index contributed by atoms with van der Waals surface area (Å²) >= 11 is 0. The van der Waals surface area contributed by atoms with E-state index in [-0.39, 0.29) is 5.41 Å². The van der Waals surface area contributed by atoms with E-state index in [0.29, 0.717) is 5.92 Å². The molecule has 5 aliphatic rings. The Kier molecular flexibility index (Phi) is 4.64. The molecule has 2 atom stereocenters. The van der Waals surface area contributed by atoms with Crippen LogP contribution in [0.25, 0.3) is 11.1 Å². The fourth-order valence-corrected chi connectivity index (χ4v) is 7.65. The summed E-state index contributed by atoms with van der Waals surface area (Å²) in [6, 6.07) is 25.2. The van der Waals surface area contributed by atoms with Crippen molar-refractivity contribution in [3.63, 3.8) is 0 Å². The largest absolute Gasteiger partial charge is 0.355 e. The molecule has 0 saturated carbocycles. The van der Waals surface area contributed by atoms with Crippen LogP contribution in [0.3, 0.4) is 0 Å². The Labute approximate surface area is 219 Å². The number of nitrogens with one attached hydrogen (secondary N) is 1. The van der Waals surface area contributed by atoms with Gasteiger partial charge in [0.25, 0.3) is 0 Å². The highest BCUT2D eigenvalue weighted by Crippen LogP contribution is 2.66. The van der Waals surface area contributed by atoms with Crippen molar-refractivity contribution in [3.05, 3.63) is 142 Å². The fourth-order valence-electron chi connectivity index (χ4n) is 7.65. The van der Waals surface area contributed by atoms with Crippen LogP contribution in [0.15, 0.2) is 125 Å². The maximum absolute atomic E-state index is 3.83. The van der Waals surface area contributed by atoms with Gasteiger partial charge in [-0.15, -0.1) is 0 Å². The van der Waals surface area contributed by atoms with Crippen molar-refractivity contribution in [1.82, 2.24) is 0 Å². The van der Waals surface area contributed by atoms with E-state index >= 15 is 0 Å². The molecule has 1 spiro atoms. The molecule has 37 heavy (non-hydrogen) atoms. The lowest BCUT2D eigenvalue weighted by Crippen LogP contribution is -2.27. The Bertz CT molecular complexity index is 1590. The van der Waals surface area contributed by atoms with E-state index < -0.39 is 0 Å². The van der Waals surface area contributed by atoms with Gasteiger partial charge in [-0.05, 0) is 101 Å². The van der Waals surface area contributed by atoms with E-state index in [1.54, 1.807) is 5.57 Å². The van der Waals surface area contributed by atoms with Crippen LogP contribution in [0.1, 0.15) is 61.1 Å². The van der Waals surface area contributed by atoms with E-state index in [2.05, 4.69) is 109 Å². The van der Waals surface area contributed by atoms with Crippen molar-refractivity contribution in [2.45, 2.75) is 49.9 Å². The first-order chi connectivity index (χ1) is 18.4. The number of hydrogen-bond donors (Lipinski definition) is 1. The lowest BCUT2D eigenvalue weighted by atomic mass is 9.68. The Balaban J connectivity index is 1.30. The van der Waals surface area contributed by atoms with Crippen molar-refractivity contribution >= 4 is 11.4 Å². The summed E-state index contributed by atoms with van der Waals surface area (Å²) in [5, 5.41) is 3.83. The summed E-state index contributed by atoms with van der Waals surface area (Å²) < 4.78 is 0. The van der Waals surface area contributed by atoms with Gasteiger partial charge in [0.2, 0.25) is 0 Å². The van der Waals surface area contributed by atoms with Gasteiger partial charge in [-0.2, -0.15) is 0 Å². The van der Waals surface area contributed by atoms with Gasteiger partial charge in [-0.3, -0.25) is 0 Å². The summed E-state index contributed by atoms with van der Waals surface area (Å²) in [5.41, 5.74) is 15.3. The summed E-state index contributed by atoms with van der Waals surface area (Å²) in [4.78, 5) is 0. The molecule has 0 saturated heterocycles. The minimum atomic E-state index is -0.194. The molecule has 0 heterocycles. The van der Waals surface area contributed by atoms with Crippen molar-refractivity contribution in [3.8, 4) is 11.1 Å². The van der Waals surface area contributed by atoms with Gasteiger partial charge < -0.3 is 5.32 Å². The first kappa shape index (κ1) is 21.3. The number of hydrogen-bond acceptors (Lipinski definition) is 1. The lowest BCUT2D eigenvalue weighted by molar-refractivity contribution is 0.762. The van der Waals surface area contributed by atoms with Crippen LogP contribution in [0, 0.1) is 0 Å². The highest BCUT2D eigenvalue weighted by Gasteiger charge is 2.54. The molecule has 1 nitrogen and oxygen atoms in total. The van der Waals surface area contributed by atoms with E-state index in [1.807, 2.05) is 0 Å². The van der Waals surface area contributed by atoms with E-state index in [1.165, 1.54) is 63.1 Å². The average molecular weight is 478 g/mol. The van der Waals surface area contributed by atoms with Crippen LogP contribution >= 0.6 is 0 Å². The summed E-state index contributed by atoms with van der Waals surface area (Å²) in [7, 11) is 0. The lowest BCUT2D eigenvalue weighted by Gasteiger charge is -2.33. The maximum Gasteiger partial charge on any atom is 0.0719 e. The van der Waals surface area contributed by atoms with Gasteiger partial charge in [-0.1, -0.05) is 85.0 Å². The normalized spacial score (nSPS) is 24.5. The highest BCUT2D eigenvalue weighted by atomic mass is 14.9. The van der Waals surface area contributed by atoms with Crippen LogP contribution in [-0.2, 0) is 5.41 Å². The van der Waals surface area contributed by atoms with Crippen molar-refractivity contribution < 1.29 is 0 Å². The molecule has 2 unspecified atom stereocenters. The molecule has 5 aliphatic carbocycles. The van der Waals surface area contributed by atoms with Crippen molar-refractivity contribution in [2.75, 3.05) is 5.32 Å².